The van der Waals surface area contributed by atoms with E-state index < -0.39 is 0 Å². The van der Waals surface area contributed by atoms with E-state index in [-0.39, 0.29) is 0 Å². The average Bonchev–Trinajstić information content (AvgIpc) is 1.30. The summed E-state index contributed by atoms with van der Waals surface area (Å²) < 4.78 is 8.98. The van der Waals surface area contributed by atoms with Crippen molar-refractivity contribution >= 4 is 43.7 Å². The van der Waals surface area contributed by atoms with Crippen molar-refractivity contribution in [3.8, 4) is 129 Å². The van der Waals surface area contributed by atoms with Gasteiger partial charge < -0.3 is 4.42 Å². The molecule has 0 unspecified atom stereocenters. The Bertz CT molecular complexity index is 5040. The van der Waals surface area contributed by atoms with Crippen LogP contribution in [0.4, 0.5) is 0 Å². The molecule has 5 heteroatoms. The van der Waals surface area contributed by atoms with Gasteiger partial charge in [-0.2, -0.15) is 10.5 Å². The molecule has 16 rings (SSSR count). The molecule has 0 radical (unpaired) electrons. The predicted octanol–water partition coefficient (Wildman–Crippen LogP) is 22.5. The number of nitrogens with zero attached hydrogens (tertiary/aromatic N) is 4. The second-order valence-corrected chi connectivity index (χ2v) is 22.5. The fraction of sp³-hybridized carbons (Fsp3) is 0. The van der Waals surface area contributed by atoms with Crippen LogP contribution in [0.25, 0.3) is 161 Å². The Morgan fingerprint density at radius 3 is 1.00 bits per heavy atom. The Balaban J connectivity index is 1.19. The van der Waals surface area contributed by atoms with Gasteiger partial charge in [0.05, 0.1) is 27.9 Å². The first-order chi connectivity index (χ1) is 44.6. The maximum absolute atomic E-state index is 12.1. The van der Waals surface area contributed by atoms with Crippen molar-refractivity contribution in [1.29, 1.82) is 10.5 Å². The van der Waals surface area contributed by atoms with Crippen LogP contribution in [0, 0.1) is 22.7 Å². The SMILES string of the molecule is N#Cc1c(-c2ccccc2)c(-c2ccccc2)c(-c2cc(-c3c(-c4ccccc4)c(-c4ccccc4)c(C#N)c(-c4ccccc4)c3-c3ccccc3)nc(-n3c4ccccc4c4c5c(ccc43)oc3ccccc35)c2)c(-c2ccccc2)c1-c1ccccc1. The largest absolute Gasteiger partial charge is 0.456 e. The predicted molar refractivity (Wildman–Crippen MR) is 370 cm³/mol. The van der Waals surface area contributed by atoms with Gasteiger partial charge in [-0.25, -0.2) is 4.98 Å². The molecule has 0 saturated carbocycles. The molecule has 3 aromatic heterocycles. The number of aromatic nitrogens is 2. The van der Waals surface area contributed by atoms with Gasteiger partial charge in [-0.05, 0) is 103 Å². The highest BCUT2D eigenvalue weighted by Gasteiger charge is 2.33. The van der Waals surface area contributed by atoms with Crippen LogP contribution in [0.1, 0.15) is 11.1 Å². The highest BCUT2D eigenvalue weighted by atomic mass is 16.3. The Morgan fingerprint density at radius 2 is 0.600 bits per heavy atom. The monoisotopic (exact) mass is 1140 g/mol. The van der Waals surface area contributed by atoms with Gasteiger partial charge in [0, 0.05) is 60.5 Å². The second-order valence-electron chi connectivity index (χ2n) is 22.5. The summed E-state index contributed by atoms with van der Waals surface area (Å²) in [5, 5.41) is 28.3. The van der Waals surface area contributed by atoms with Gasteiger partial charge >= 0.3 is 0 Å². The molecule has 90 heavy (non-hydrogen) atoms. The van der Waals surface area contributed by atoms with E-state index in [0.29, 0.717) is 22.6 Å². The molecular formula is C85H52N4O. The minimum atomic E-state index is 0.550. The molecule has 13 aromatic carbocycles. The lowest BCUT2D eigenvalue weighted by molar-refractivity contribution is 0.669. The van der Waals surface area contributed by atoms with E-state index in [1.165, 1.54) is 0 Å². The Kier molecular flexibility index (Phi) is 13.2. The van der Waals surface area contributed by atoms with Gasteiger partial charge in [-0.1, -0.05) is 279 Å². The fourth-order valence-electron chi connectivity index (χ4n) is 13.8. The number of benzene rings is 13. The number of hydrogen-bond donors (Lipinski definition) is 0. The normalized spacial score (nSPS) is 11.3. The maximum Gasteiger partial charge on any atom is 0.138 e. The lowest BCUT2D eigenvalue weighted by atomic mass is 9.75. The van der Waals surface area contributed by atoms with Crippen molar-refractivity contribution in [1.82, 2.24) is 9.55 Å². The molecule has 0 fully saturated rings. The van der Waals surface area contributed by atoms with Crippen LogP contribution in [-0.2, 0) is 0 Å². The van der Waals surface area contributed by atoms with Crippen molar-refractivity contribution in [3.05, 3.63) is 327 Å². The van der Waals surface area contributed by atoms with Crippen LogP contribution in [-0.4, -0.2) is 9.55 Å². The van der Waals surface area contributed by atoms with Crippen LogP contribution in [0.15, 0.2) is 320 Å². The van der Waals surface area contributed by atoms with E-state index >= 15 is 0 Å². The number of hydrogen-bond acceptors (Lipinski definition) is 4. The van der Waals surface area contributed by atoms with Gasteiger partial charge in [0.25, 0.3) is 0 Å². The molecule has 0 aliphatic heterocycles. The summed E-state index contributed by atoms with van der Waals surface area (Å²) in [7, 11) is 0. The fourth-order valence-corrected chi connectivity index (χ4v) is 13.8. The van der Waals surface area contributed by atoms with E-state index in [0.717, 1.165) is 149 Å². The molecule has 0 atom stereocenters. The number of nitriles is 2. The maximum atomic E-state index is 12.1. The standard InChI is InChI=1S/C85H52N4O/c86-53-66-74(55-29-9-1-10-30-55)78(59-37-17-5-18-38-59)82(79(60-39-19-6-20-40-60)75(66)56-31-11-2-12-32-56)63-51-68(88-73(52-63)89-69-47-27-25-45-64(69)83-70(89)49-50-72-84(83)65-46-26-28-48-71(65)90-72)85-80(61-41-21-7-22-42-61)76(57-33-13-3-14-34-57)67(54-87)77(58-35-15-4-16-36-58)81(85)62-43-23-8-24-44-62/h1-52H. The zero-order valence-corrected chi connectivity index (χ0v) is 48.7. The summed E-state index contributed by atoms with van der Waals surface area (Å²) in [6.45, 7) is 0. The number of fused-ring (bicyclic) bond motifs is 7. The Hall–Kier alpha value is -12.4. The molecule has 16 aromatic rings. The molecule has 5 nitrogen and oxygen atoms in total. The smallest absolute Gasteiger partial charge is 0.138 e. The summed E-state index contributed by atoms with van der Waals surface area (Å²) in [6.07, 6.45) is 0. The van der Waals surface area contributed by atoms with E-state index in [4.69, 9.17) is 9.40 Å². The average molecular weight is 1150 g/mol. The van der Waals surface area contributed by atoms with Crippen molar-refractivity contribution < 1.29 is 4.42 Å². The van der Waals surface area contributed by atoms with Crippen LogP contribution in [0.2, 0.25) is 0 Å². The van der Waals surface area contributed by atoms with Crippen molar-refractivity contribution in [2.24, 2.45) is 0 Å². The van der Waals surface area contributed by atoms with Gasteiger partial charge in [0.15, 0.2) is 0 Å². The van der Waals surface area contributed by atoms with Gasteiger partial charge in [0.2, 0.25) is 0 Å². The Morgan fingerprint density at radius 1 is 0.267 bits per heavy atom. The molecule has 0 amide bonds. The third-order valence-corrected chi connectivity index (χ3v) is 17.5. The third kappa shape index (κ3) is 8.80. The summed E-state index contributed by atoms with van der Waals surface area (Å²) in [4.78, 5) is 6.20. The summed E-state index contributed by atoms with van der Waals surface area (Å²) in [5.41, 5.74) is 22.0. The van der Waals surface area contributed by atoms with E-state index in [9.17, 15) is 10.5 Å². The molecule has 0 aliphatic carbocycles. The van der Waals surface area contributed by atoms with Crippen LogP contribution < -0.4 is 0 Å². The third-order valence-electron chi connectivity index (χ3n) is 17.5. The molecule has 0 N–H and O–H groups in total. The zero-order chi connectivity index (χ0) is 60.1. The van der Waals surface area contributed by atoms with Crippen molar-refractivity contribution in [3.63, 3.8) is 0 Å². The first kappa shape index (κ1) is 53.1. The summed E-state index contributed by atoms with van der Waals surface area (Å²) in [5.74, 6) is 0.663. The lowest BCUT2D eigenvalue weighted by Crippen LogP contribution is -2.06. The van der Waals surface area contributed by atoms with E-state index in [1.54, 1.807) is 0 Å². The molecule has 0 saturated heterocycles. The highest BCUT2D eigenvalue weighted by Crippen LogP contribution is 2.57. The van der Waals surface area contributed by atoms with Crippen molar-refractivity contribution in [2.45, 2.75) is 0 Å². The summed E-state index contributed by atoms with van der Waals surface area (Å²) >= 11 is 0. The second kappa shape index (κ2) is 22.5. The topological polar surface area (TPSA) is 78.5 Å². The quantitative estimate of drug-likeness (QED) is 0.129. The molecule has 3 heterocycles. The molecule has 0 aliphatic rings. The lowest BCUT2D eigenvalue weighted by Gasteiger charge is -2.28. The highest BCUT2D eigenvalue weighted by molar-refractivity contribution is 6.27. The van der Waals surface area contributed by atoms with E-state index in [2.05, 4.69) is 247 Å². The first-order valence-electron chi connectivity index (χ1n) is 30.2. The first-order valence-corrected chi connectivity index (χ1v) is 30.2. The van der Waals surface area contributed by atoms with Crippen LogP contribution >= 0.6 is 0 Å². The van der Waals surface area contributed by atoms with Crippen molar-refractivity contribution in [2.75, 3.05) is 0 Å². The zero-order valence-electron chi connectivity index (χ0n) is 48.7. The number of para-hydroxylation sites is 2. The molecule has 418 valence electrons. The van der Waals surface area contributed by atoms with Gasteiger partial charge in [-0.3, -0.25) is 4.57 Å². The number of rotatable bonds is 11. The molecule has 0 spiro atoms. The van der Waals surface area contributed by atoms with Gasteiger partial charge in [-0.15, -0.1) is 0 Å². The minimum absolute atomic E-state index is 0.550. The number of pyridine rings is 1. The number of furan rings is 1. The van der Waals surface area contributed by atoms with E-state index in [1.807, 2.05) is 84.9 Å². The van der Waals surface area contributed by atoms with Crippen LogP contribution in [0.5, 0.6) is 0 Å². The Labute approximate surface area is 521 Å². The summed E-state index contributed by atoms with van der Waals surface area (Å²) in [6, 6.07) is 115. The molecular weight excluding hydrogens is 1090 g/mol. The van der Waals surface area contributed by atoms with Crippen LogP contribution in [0.3, 0.4) is 0 Å². The van der Waals surface area contributed by atoms with Gasteiger partial charge in [0.1, 0.15) is 29.1 Å². The molecule has 0 bridgehead atoms. The minimum Gasteiger partial charge on any atom is -0.456 e.